The lowest BCUT2D eigenvalue weighted by Crippen LogP contribution is -2.49. The molecule has 0 fully saturated rings. The molecule has 3 aromatic rings. The van der Waals surface area contributed by atoms with Crippen LogP contribution in [-0.4, -0.2) is 115 Å². The first kappa shape index (κ1) is 43.5. The van der Waals surface area contributed by atoms with E-state index < -0.39 is 65.9 Å². The van der Waals surface area contributed by atoms with Crippen LogP contribution in [0.4, 0.5) is 0 Å². The smallest absolute Gasteiger partial charge is 0.326 e. The van der Waals surface area contributed by atoms with Crippen LogP contribution >= 0.6 is 12.4 Å². The summed E-state index contributed by atoms with van der Waals surface area (Å²) in [5.74, 6) is -6.48. The molecule has 0 saturated heterocycles. The van der Waals surface area contributed by atoms with Crippen LogP contribution in [0.5, 0.6) is 0 Å². The van der Waals surface area contributed by atoms with Gasteiger partial charge in [0.05, 0.1) is 31.7 Å². The number of amides is 4. The minimum absolute atomic E-state index is 0. The maximum Gasteiger partial charge on any atom is 0.326 e. The van der Waals surface area contributed by atoms with Gasteiger partial charge >= 0.3 is 11.9 Å². The fourth-order valence-electron chi connectivity index (χ4n) is 5.07. The Hall–Kier alpha value is -5.66. The van der Waals surface area contributed by atoms with Crippen LogP contribution < -0.4 is 32.3 Å². The molecule has 2 heterocycles. The Morgan fingerprint density at radius 2 is 1.32 bits per heavy atom. The lowest BCUT2D eigenvalue weighted by molar-refractivity contribution is -0.145. The number of H-pyrrole nitrogens is 2. The fraction of sp³-hybridized carbons (Fsp3) is 0.424. The van der Waals surface area contributed by atoms with E-state index >= 15 is 0 Å². The van der Waals surface area contributed by atoms with E-state index in [1.54, 1.807) is 31.2 Å². The Morgan fingerprint density at radius 1 is 0.774 bits per heavy atom. The van der Waals surface area contributed by atoms with Gasteiger partial charge in [-0.05, 0) is 31.2 Å². The number of carbonyl (C=O) groups excluding carboxylic acids is 5. The molecule has 0 bridgehead atoms. The molecule has 2 aromatic heterocycles. The molecule has 53 heavy (non-hydrogen) atoms. The van der Waals surface area contributed by atoms with Crippen LogP contribution in [0.25, 0.3) is 0 Å². The van der Waals surface area contributed by atoms with E-state index in [0.29, 0.717) is 6.42 Å². The summed E-state index contributed by atoms with van der Waals surface area (Å²) < 4.78 is 0. The van der Waals surface area contributed by atoms with Crippen molar-refractivity contribution in [3.8, 4) is 0 Å². The van der Waals surface area contributed by atoms with E-state index in [4.69, 9.17) is 10.8 Å². The maximum absolute atomic E-state index is 13.6. The van der Waals surface area contributed by atoms with Crippen molar-refractivity contribution in [3.63, 3.8) is 0 Å². The predicted octanol–water partition coefficient (Wildman–Crippen LogP) is -0.366. The molecule has 0 radical (unpaired) electrons. The number of aromatic nitrogens is 4. The Bertz CT molecular complexity index is 1730. The topological polar surface area (TPSA) is 303 Å². The molecule has 19 nitrogen and oxygen atoms in total. The number of carboxylic acid groups (broad SMARTS) is 2. The maximum atomic E-state index is 13.6. The number of rotatable bonds is 21. The Kier molecular flexibility index (Phi) is 17.2. The number of ketones is 1. The third-order valence-electron chi connectivity index (χ3n) is 7.63. The van der Waals surface area contributed by atoms with Crippen LogP contribution in [0.2, 0.25) is 0 Å². The number of carboxylic acids is 2. The molecule has 0 saturated carbocycles. The molecule has 1 aromatic carbocycles. The molecule has 0 aliphatic carbocycles. The zero-order chi connectivity index (χ0) is 38.4. The van der Waals surface area contributed by atoms with Crippen molar-refractivity contribution in [1.82, 2.24) is 46.5 Å². The van der Waals surface area contributed by atoms with Crippen molar-refractivity contribution in [2.75, 3.05) is 19.6 Å². The van der Waals surface area contributed by atoms with Crippen LogP contribution in [0.3, 0.4) is 0 Å². The second-order valence-corrected chi connectivity index (χ2v) is 12.4. The van der Waals surface area contributed by atoms with Crippen molar-refractivity contribution in [1.29, 1.82) is 0 Å². The summed E-state index contributed by atoms with van der Waals surface area (Å²) in [7, 11) is 0. The highest BCUT2D eigenvalue weighted by molar-refractivity contribution is 6.07. The predicted molar refractivity (Wildman–Crippen MR) is 192 cm³/mol. The number of imidazole rings is 2. The molecule has 3 rings (SSSR count). The monoisotopic (exact) mass is 760 g/mol. The lowest BCUT2D eigenvalue weighted by Gasteiger charge is -2.22. The number of hydrogen-bond donors (Lipinski definition) is 10. The largest absolute Gasteiger partial charge is 0.481 e. The van der Waals surface area contributed by atoms with E-state index in [1.165, 1.54) is 6.33 Å². The standard InChI is InChI=1S/C33H44N10O9.ClH/c1-17(2)9-20(41-30(48)26-28(39-16-37-26)32(50)43-22(33(51)52)11-24(45)46)13-35-14-23(44)21(10-19-7-5-4-6-8-19)42-31(49)27-25(36-15-38-27)29(47)40-18(3)12-34;/h4-8,15-18,20-22,35H,9-14,34H2,1-3H3,(H,36,38)(H,37,39)(H,40,47)(H,41,48)(H,42,49)(H,43,50)(H,45,46)(H,51,52);1H/t18-,20-,21-,22-;/m0./s1. The van der Waals surface area contributed by atoms with Crippen LogP contribution in [0, 0.1) is 5.92 Å². The highest BCUT2D eigenvalue weighted by Crippen LogP contribution is 2.11. The van der Waals surface area contributed by atoms with Gasteiger partial charge in [0, 0.05) is 25.2 Å². The van der Waals surface area contributed by atoms with Gasteiger partial charge in [0.25, 0.3) is 23.6 Å². The zero-order valence-corrected chi connectivity index (χ0v) is 30.1. The molecule has 0 unspecified atom stereocenters. The average Bonchev–Trinajstić information content (AvgIpc) is 3.79. The first-order chi connectivity index (χ1) is 24.7. The molecule has 20 heteroatoms. The Balaban J connectivity index is 0.00000972. The highest BCUT2D eigenvalue weighted by Gasteiger charge is 2.29. The first-order valence-corrected chi connectivity index (χ1v) is 16.4. The van der Waals surface area contributed by atoms with E-state index in [1.807, 2.05) is 19.9 Å². The number of hydrogen-bond acceptors (Lipinski definition) is 11. The highest BCUT2D eigenvalue weighted by atomic mass is 35.5. The molecule has 0 spiro atoms. The van der Waals surface area contributed by atoms with Gasteiger partial charge in [-0.2, -0.15) is 0 Å². The number of halogens is 1. The van der Waals surface area contributed by atoms with Gasteiger partial charge in [-0.25, -0.2) is 14.8 Å². The second kappa shape index (κ2) is 21.0. The van der Waals surface area contributed by atoms with Gasteiger partial charge in [-0.1, -0.05) is 44.2 Å². The summed E-state index contributed by atoms with van der Waals surface area (Å²) in [5, 5.41) is 31.5. The zero-order valence-electron chi connectivity index (χ0n) is 29.3. The second-order valence-electron chi connectivity index (χ2n) is 12.4. The van der Waals surface area contributed by atoms with Crippen LogP contribution in [0.1, 0.15) is 81.1 Å². The molecule has 11 N–H and O–H groups in total. The molecule has 0 aliphatic rings. The summed E-state index contributed by atoms with van der Waals surface area (Å²) in [6.45, 7) is 5.57. The number of benzene rings is 1. The minimum atomic E-state index is -1.75. The molecule has 288 valence electrons. The summed E-state index contributed by atoms with van der Waals surface area (Å²) in [6.07, 6.45) is 1.95. The summed E-state index contributed by atoms with van der Waals surface area (Å²) in [6, 6.07) is 5.28. The number of nitrogens with one attached hydrogen (secondary N) is 7. The number of carbonyl (C=O) groups is 7. The van der Waals surface area contributed by atoms with Crippen molar-refractivity contribution in [2.45, 2.75) is 64.2 Å². The molecule has 4 atom stereocenters. The van der Waals surface area contributed by atoms with Gasteiger partial charge in [0.2, 0.25) is 0 Å². The summed E-state index contributed by atoms with van der Waals surface area (Å²) in [5.41, 5.74) is 5.34. The first-order valence-electron chi connectivity index (χ1n) is 16.4. The van der Waals surface area contributed by atoms with Crippen molar-refractivity contribution < 1.29 is 43.8 Å². The Morgan fingerprint density at radius 3 is 1.83 bits per heavy atom. The summed E-state index contributed by atoms with van der Waals surface area (Å²) in [4.78, 5) is 101. The SMILES string of the molecule is CC(C)C[C@@H](CNCC(=O)[C@H](Cc1ccccc1)NC(=O)c1[nH]cnc1C(=O)N[C@@H](C)CN)NC(=O)c1nc[nH]c1C(=O)N[C@@H](CC(=O)O)C(=O)O.Cl. The Labute approximate surface area is 310 Å². The lowest BCUT2D eigenvalue weighted by atomic mass is 10.0. The van der Waals surface area contributed by atoms with E-state index in [2.05, 4.69) is 46.5 Å². The van der Waals surface area contributed by atoms with E-state index in [-0.39, 0.29) is 73.2 Å². The van der Waals surface area contributed by atoms with E-state index in [9.17, 15) is 38.7 Å². The van der Waals surface area contributed by atoms with Crippen molar-refractivity contribution in [3.05, 3.63) is 71.3 Å². The van der Waals surface area contributed by atoms with Gasteiger partial charge in [-0.15, -0.1) is 12.4 Å². The number of aromatic amines is 2. The van der Waals surface area contributed by atoms with E-state index in [0.717, 1.165) is 11.9 Å². The van der Waals surface area contributed by atoms with Gasteiger partial charge in [0.1, 0.15) is 17.4 Å². The van der Waals surface area contributed by atoms with Crippen LogP contribution in [0.15, 0.2) is 43.0 Å². The van der Waals surface area contributed by atoms with Crippen LogP contribution in [-0.2, 0) is 20.8 Å². The molecule has 0 aliphatic heterocycles. The third kappa shape index (κ3) is 13.4. The van der Waals surface area contributed by atoms with Crippen molar-refractivity contribution in [2.24, 2.45) is 11.7 Å². The summed E-state index contributed by atoms with van der Waals surface area (Å²) >= 11 is 0. The van der Waals surface area contributed by atoms with Gasteiger partial charge in [0.15, 0.2) is 17.2 Å². The molecular formula is C33H45ClN10O9. The van der Waals surface area contributed by atoms with Gasteiger partial charge in [-0.3, -0.25) is 28.8 Å². The normalized spacial score (nSPS) is 13.1. The fourth-order valence-corrected chi connectivity index (χ4v) is 5.07. The molecular weight excluding hydrogens is 716 g/mol. The third-order valence-corrected chi connectivity index (χ3v) is 7.63. The number of nitrogens with zero attached hydrogens (tertiary/aromatic N) is 2. The quantitative estimate of drug-likeness (QED) is 0.0664. The van der Waals surface area contributed by atoms with Gasteiger partial charge < -0.3 is 52.5 Å². The molecule has 4 amide bonds. The number of Topliss-reactive ketones (excluding diaryl/α,β-unsaturated/α-hetero) is 1. The average molecular weight is 761 g/mol. The number of nitrogens with two attached hydrogens (primary N) is 1. The number of aliphatic carboxylic acids is 2. The van der Waals surface area contributed by atoms with Crippen molar-refractivity contribution >= 4 is 53.8 Å². The minimum Gasteiger partial charge on any atom is -0.481 e.